The van der Waals surface area contributed by atoms with Crippen molar-refractivity contribution in [3.05, 3.63) is 55.1 Å². The lowest BCUT2D eigenvalue weighted by Gasteiger charge is -2.10. The minimum Gasteiger partial charge on any atom is -0.434 e. The highest BCUT2D eigenvalue weighted by molar-refractivity contribution is 5.83. The summed E-state index contributed by atoms with van der Waals surface area (Å²) in [6, 6.07) is 8.31. The molecular weight excluding hydrogens is 342 g/mol. The van der Waals surface area contributed by atoms with Crippen molar-refractivity contribution in [2.24, 2.45) is 7.05 Å². The summed E-state index contributed by atoms with van der Waals surface area (Å²) in [4.78, 5) is 4.29. The zero-order valence-electron chi connectivity index (χ0n) is 13.7. The summed E-state index contributed by atoms with van der Waals surface area (Å²) in [6.07, 6.45) is 6.84. The Morgan fingerprint density at radius 2 is 2.00 bits per heavy atom. The van der Waals surface area contributed by atoms with Crippen LogP contribution < -0.4 is 10.1 Å². The minimum atomic E-state index is -2.92. The van der Waals surface area contributed by atoms with Crippen molar-refractivity contribution in [2.45, 2.75) is 6.61 Å². The van der Waals surface area contributed by atoms with Crippen LogP contribution in [0.4, 0.5) is 20.2 Å². The first-order valence-corrected chi connectivity index (χ1v) is 7.75. The van der Waals surface area contributed by atoms with Crippen LogP contribution in [0.3, 0.4) is 0 Å². The molecular formula is C17H14F2N6O. The first-order chi connectivity index (χ1) is 12.6. The van der Waals surface area contributed by atoms with Crippen LogP contribution in [-0.4, -0.2) is 31.0 Å². The van der Waals surface area contributed by atoms with Gasteiger partial charge in [-0.2, -0.15) is 19.0 Å². The average Bonchev–Trinajstić information content (AvgIpc) is 3.19. The Kier molecular flexibility index (Phi) is 3.96. The fraction of sp³-hybridized carbons (Fsp3) is 0.118. The van der Waals surface area contributed by atoms with E-state index in [4.69, 9.17) is 0 Å². The van der Waals surface area contributed by atoms with Gasteiger partial charge in [0.1, 0.15) is 17.1 Å². The van der Waals surface area contributed by atoms with Crippen molar-refractivity contribution in [1.82, 2.24) is 24.4 Å². The summed E-state index contributed by atoms with van der Waals surface area (Å²) < 4.78 is 33.3. The van der Waals surface area contributed by atoms with Crippen molar-refractivity contribution in [3.63, 3.8) is 0 Å². The average molecular weight is 356 g/mol. The maximum Gasteiger partial charge on any atom is 0.387 e. The molecule has 7 nitrogen and oxygen atoms in total. The van der Waals surface area contributed by atoms with Gasteiger partial charge in [-0.1, -0.05) is 12.1 Å². The highest BCUT2D eigenvalue weighted by atomic mass is 19.3. The summed E-state index contributed by atoms with van der Waals surface area (Å²) >= 11 is 0. The van der Waals surface area contributed by atoms with E-state index in [1.165, 1.54) is 6.07 Å². The van der Waals surface area contributed by atoms with Crippen LogP contribution >= 0.6 is 0 Å². The van der Waals surface area contributed by atoms with Gasteiger partial charge in [0.25, 0.3) is 0 Å². The van der Waals surface area contributed by atoms with Crippen LogP contribution in [0.2, 0.25) is 0 Å². The standard InChI is InChI=1S/C17H14F2N6O/c1-24-10-13(22-12-9-21-25-8-4-7-20-16(12)25)15(23-24)11-5-2-3-6-14(11)26-17(18)19/h2-10,17,22H,1H3. The number of fused-ring (bicyclic) bond motifs is 1. The first-order valence-electron chi connectivity index (χ1n) is 7.75. The highest BCUT2D eigenvalue weighted by Crippen LogP contribution is 2.36. The molecule has 0 amide bonds. The molecule has 0 atom stereocenters. The molecule has 0 aliphatic rings. The molecule has 0 fully saturated rings. The van der Waals surface area contributed by atoms with Crippen LogP contribution in [0.15, 0.2) is 55.1 Å². The number of nitrogens with zero attached hydrogens (tertiary/aromatic N) is 5. The Bertz CT molecular complexity index is 1060. The van der Waals surface area contributed by atoms with Crippen LogP contribution in [0.25, 0.3) is 16.9 Å². The molecule has 1 aromatic carbocycles. The molecule has 4 aromatic rings. The van der Waals surface area contributed by atoms with Gasteiger partial charge in [0, 0.05) is 31.2 Å². The van der Waals surface area contributed by atoms with E-state index in [9.17, 15) is 8.78 Å². The van der Waals surface area contributed by atoms with Crippen molar-refractivity contribution in [2.75, 3.05) is 5.32 Å². The highest BCUT2D eigenvalue weighted by Gasteiger charge is 2.18. The molecule has 0 saturated heterocycles. The molecule has 0 spiro atoms. The van der Waals surface area contributed by atoms with E-state index in [0.29, 0.717) is 28.3 Å². The molecule has 132 valence electrons. The Morgan fingerprint density at radius 3 is 2.85 bits per heavy atom. The van der Waals surface area contributed by atoms with Crippen molar-refractivity contribution < 1.29 is 13.5 Å². The van der Waals surface area contributed by atoms with E-state index in [1.54, 1.807) is 65.3 Å². The lowest BCUT2D eigenvalue weighted by molar-refractivity contribution is -0.0494. The summed E-state index contributed by atoms with van der Waals surface area (Å²) in [5, 5.41) is 11.8. The number of ether oxygens (including phenoxy) is 1. The second-order valence-electron chi connectivity index (χ2n) is 5.51. The van der Waals surface area contributed by atoms with E-state index in [-0.39, 0.29) is 5.75 Å². The number of halogens is 2. The number of nitrogens with one attached hydrogen (secondary N) is 1. The van der Waals surface area contributed by atoms with Gasteiger partial charge in [0.05, 0.1) is 11.9 Å². The maximum absolute atomic E-state index is 12.7. The van der Waals surface area contributed by atoms with Gasteiger partial charge in [-0.3, -0.25) is 4.68 Å². The number of para-hydroxylation sites is 1. The topological polar surface area (TPSA) is 69.3 Å². The summed E-state index contributed by atoms with van der Waals surface area (Å²) in [5.41, 5.74) is 2.88. The largest absolute Gasteiger partial charge is 0.434 e. The van der Waals surface area contributed by atoms with E-state index in [1.807, 2.05) is 0 Å². The molecule has 3 heterocycles. The Morgan fingerprint density at radius 1 is 1.15 bits per heavy atom. The smallest absolute Gasteiger partial charge is 0.387 e. The van der Waals surface area contributed by atoms with Gasteiger partial charge in [0.15, 0.2) is 5.65 Å². The number of alkyl halides is 2. The van der Waals surface area contributed by atoms with Crippen molar-refractivity contribution in [3.8, 4) is 17.0 Å². The number of benzene rings is 1. The molecule has 0 radical (unpaired) electrons. The molecule has 0 aliphatic heterocycles. The fourth-order valence-electron chi connectivity index (χ4n) is 2.70. The molecule has 0 aliphatic carbocycles. The van der Waals surface area contributed by atoms with E-state index in [0.717, 1.165) is 0 Å². The number of anilines is 2. The normalized spacial score (nSPS) is 11.2. The Labute approximate surface area is 146 Å². The van der Waals surface area contributed by atoms with E-state index < -0.39 is 6.61 Å². The first kappa shape index (κ1) is 16.0. The molecule has 9 heteroatoms. The number of aryl methyl sites for hydroxylation is 1. The number of aromatic nitrogens is 5. The number of hydrogen-bond donors (Lipinski definition) is 1. The van der Waals surface area contributed by atoms with Gasteiger partial charge in [-0.15, -0.1) is 0 Å². The fourth-order valence-corrected chi connectivity index (χ4v) is 2.70. The summed E-state index contributed by atoms with van der Waals surface area (Å²) in [6.45, 7) is -2.92. The molecule has 0 unspecified atom stereocenters. The third-order valence-electron chi connectivity index (χ3n) is 3.74. The van der Waals surface area contributed by atoms with Gasteiger partial charge < -0.3 is 10.1 Å². The molecule has 4 rings (SSSR count). The summed E-state index contributed by atoms with van der Waals surface area (Å²) in [5.74, 6) is 0.0576. The maximum atomic E-state index is 12.7. The van der Waals surface area contributed by atoms with Gasteiger partial charge in [-0.25, -0.2) is 9.50 Å². The SMILES string of the molecule is Cn1cc(Nc2cnn3cccnc23)c(-c2ccccc2OC(F)F)n1. The lowest BCUT2D eigenvalue weighted by atomic mass is 10.1. The van der Waals surface area contributed by atoms with E-state index >= 15 is 0 Å². The minimum absolute atomic E-state index is 0.0576. The monoisotopic (exact) mass is 356 g/mol. The van der Waals surface area contributed by atoms with Gasteiger partial charge in [0.2, 0.25) is 0 Å². The third kappa shape index (κ3) is 2.94. The van der Waals surface area contributed by atoms with E-state index in [2.05, 4.69) is 25.2 Å². The second kappa shape index (κ2) is 6.43. The van der Waals surface area contributed by atoms with Gasteiger partial charge in [-0.05, 0) is 18.2 Å². The molecule has 0 saturated carbocycles. The number of hydrogen-bond acceptors (Lipinski definition) is 5. The quantitative estimate of drug-likeness (QED) is 0.593. The summed E-state index contributed by atoms with van der Waals surface area (Å²) in [7, 11) is 1.75. The zero-order valence-corrected chi connectivity index (χ0v) is 13.7. The Balaban J connectivity index is 1.76. The van der Waals surface area contributed by atoms with Gasteiger partial charge >= 0.3 is 6.61 Å². The Hall–Kier alpha value is -3.49. The molecule has 3 aromatic heterocycles. The predicted molar refractivity (Wildman–Crippen MR) is 91.5 cm³/mol. The lowest BCUT2D eigenvalue weighted by Crippen LogP contribution is -2.03. The molecule has 26 heavy (non-hydrogen) atoms. The van der Waals surface area contributed by atoms with Crippen molar-refractivity contribution >= 4 is 17.0 Å². The number of rotatable bonds is 5. The molecule has 0 bridgehead atoms. The van der Waals surface area contributed by atoms with Crippen LogP contribution in [0, 0.1) is 0 Å². The van der Waals surface area contributed by atoms with Crippen LogP contribution in [0.1, 0.15) is 0 Å². The molecule has 1 N–H and O–H groups in total. The second-order valence-corrected chi connectivity index (χ2v) is 5.51. The predicted octanol–water partition coefficient (Wildman–Crippen LogP) is 3.47. The van der Waals surface area contributed by atoms with Crippen molar-refractivity contribution in [1.29, 1.82) is 0 Å². The van der Waals surface area contributed by atoms with Crippen LogP contribution in [-0.2, 0) is 7.05 Å². The van der Waals surface area contributed by atoms with Crippen LogP contribution in [0.5, 0.6) is 5.75 Å². The third-order valence-corrected chi connectivity index (χ3v) is 3.74. The zero-order chi connectivity index (χ0) is 18.1.